The lowest BCUT2D eigenvalue weighted by Crippen LogP contribution is -2.50. The second-order valence-electron chi connectivity index (χ2n) is 7.84. The number of alkyl halides is 3. The molecule has 0 aliphatic carbocycles. The molecule has 3 aliphatic heterocycles. The van der Waals surface area contributed by atoms with Crippen LogP contribution in [-0.2, 0) is 28.5 Å². The predicted octanol–water partition coefficient (Wildman–Crippen LogP) is 3.96. The van der Waals surface area contributed by atoms with E-state index >= 15 is 0 Å². The van der Waals surface area contributed by atoms with Gasteiger partial charge in [0.05, 0.1) is 24.1 Å². The van der Waals surface area contributed by atoms with E-state index in [0.29, 0.717) is 12.1 Å². The number of anilines is 1. The summed E-state index contributed by atoms with van der Waals surface area (Å²) in [4.78, 5) is 28.5. The molecule has 0 spiro atoms. The Morgan fingerprint density at radius 3 is 2.60 bits per heavy atom. The van der Waals surface area contributed by atoms with Crippen LogP contribution in [0.2, 0.25) is 0 Å². The zero-order valence-electron chi connectivity index (χ0n) is 16.0. The van der Waals surface area contributed by atoms with Gasteiger partial charge in [-0.05, 0) is 47.7 Å². The van der Waals surface area contributed by atoms with Crippen LogP contribution in [0.25, 0.3) is 0 Å². The molecule has 30 heavy (non-hydrogen) atoms. The minimum atomic E-state index is -4.46. The maximum Gasteiger partial charge on any atom is 0.416 e. The Hall–Kier alpha value is -3.03. The lowest BCUT2D eigenvalue weighted by atomic mass is 9.77. The largest absolute Gasteiger partial charge is 0.447 e. The summed E-state index contributed by atoms with van der Waals surface area (Å²) in [6.07, 6.45) is -4.28. The SMILES string of the molecule is O=C1OCCN1C(=O)[C@@H]1Cc2cc(C(F)(F)F)ccc2N2CCc3ccccc3[C@@H]12. The van der Waals surface area contributed by atoms with Crippen molar-refractivity contribution in [3.05, 3.63) is 64.7 Å². The van der Waals surface area contributed by atoms with Gasteiger partial charge in [0.25, 0.3) is 0 Å². The van der Waals surface area contributed by atoms with Crippen LogP contribution in [-0.4, -0.2) is 36.6 Å². The number of rotatable bonds is 1. The van der Waals surface area contributed by atoms with E-state index in [-0.39, 0.29) is 25.6 Å². The van der Waals surface area contributed by atoms with Gasteiger partial charge in [-0.15, -0.1) is 0 Å². The number of carbonyl (C=O) groups is 2. The summed E-state index contributed by atoms with van der Waals surface area (Å²) >= 11 is 0. The first-order valence-corrected chi connectivity index (χ1v) is 9.87. The Kier molecular flexibility index (Phi) is 4.27. The number of benzene rings is 2. The number of cyclic esters (lactones) is 1. The minimum Gasteiger partial charge on any atom is -0.447 e. The van der Waals surface area contributed by atoms with E-state index in [2.05, 4.69) is 0 Å². The van der Waals surface area contributed by atoms with Crippen LogP contribution < -0.4 is 4.90 Å². The normalized spacial score (nSPS) is 22.8. The smallest absolute Gasteiger partial charge is 0.416 e. The van der Waals surface area contributed by atoms with Crippen LogP contribution in [0.15, 0.2) is 42.5 Å². The Balaban J connectivity index is 1.62. The molecule has 0 radical (unpaired) electrons. The summed E-state index contributed by atoms with van der Waals surface area (Å²) in [5, 5.41) is 0. The van der Waals surface area contributed by atoms with Gasteiger partial charge in [-0.1, -0.05) is 24.3 Å². The molecule has 3 aliphatic rings. The van der Waals surface area contributed by atoms with Crippen molar-refractivity contribution < 1.29 is 27.5 Å². The number of carbonyl (C=O) groups excluding carboxylic acids is 2. The third-order valence-electron chi connectivity index (χ3n) is 6.21. The van der Waals surface area contributed by atoms with E-state index < -0.39 is 29.7 Å². The average Bonchev–Trinajstić information content (AvgIpc) is 3.17. The molecule has 1 saturated heterocycles. The van der Waals surface area contributed by atoms with Gasteiger partial charge in [-0.3, -0.25) is 4.79 Å². The zero-order chi connectivity index (χ0) is 21.0. The fourth-order valence-corrected chi connectivity index (χ4v) is 4.87. The quantitative estimate of drug-likeness (QED) is 0.706. The molecular weight excluding hydrogens is 397 g/mol. The average molecular weight is 416 g/mol. The van der Waals surface area contributed by atoms with E-state index in [1.807, 2.05) is 29.2 Å². The van der Waals surface area contributed by atoms with Crippen molar-refractivity contribution in [3.63, 3.8) is 0 Å². The first kappa shape index (κ1) is 19.0. The van der Waals surface area contributed by atoms with Gasteiger partial charge in [0.2, 0.25) is 5.91 Å². The van der Waals surface area contributed by atoms with Crippen molar-refractivity contribution in [1.29, 1.82) is 0 Å². The molecule has 8 heteroatoms. The van der Waals surface area contributed by atoms with Crippen molar-refractivity contribution in [3.8, 4) is 0 Å². The van der Waals surface area contributed by atoms with Gasteiger partial charge in [-0.2, -0.15) is 13.2 Å². The van der Waals surface area contributed by atoms with Crippen LogP contribution in [0.5, 0.6) is 0 Å². The highest BCUT2D eigenvalue weighted by atomic mass is 19.4. The van der Waals surface area contributed by atoms with E-state index in [9.17, 15) is 22.8 Å². The maximum atomic E-state index is 13.3. The summed E-state index contributed by atoms with van der Waals surface area (Å²) in [5.41, 5.74) is 2.57. The molecule has 2 atom stereocenters. The summed E-state index contributed by atoms with van der Waals surface area (Å²) in [6.45, 7) is 0.892. The molecule has 156 valence electrons. The highest BCUT2D eigenvalue weighted by Gasteiger charge is 2.46. The molecule has 2 aromatic carbocycles. The number of imide groups is 1. The van der Waals surface area contributed by atoms with E-state index in [1.54, 1.807) is 0 Å². The number of hydrogen-bond donors (Lipinski definition) is 0. The van der Waals surface area contributed by atoms with Crippen LogP contribution in [0.1, 0.15) is 28.3 Å². The fourth-order valence-electron chi connectivity index (χ4n) is 4.87. The predicted molar refractivity (Wildman–Crippen MR) is 102 cm³/mol. The van der Waals surface area contributed by atoms with E-state index in [1.165, 1.54) is 6.07 Å². The van der Waals surface area contributed by atoms with Crippen molar-refractivity contribution >= 4 is 17.7 Å². The second kappa shape index (κ2) is 6.75. The Labute approximate surface area is 171 Å². The van der Waals surface area contributed by atoms with Gasteiger partial charge in [0.1, 0.15) is 6.61 Å². The highest BCUT2D eigenvalue weighted by molar-refractivity contribution is 5.95. The Bertz CT molecular complexity index is 1040. The first-order chi connectivity index (χ1) is 14.3. The van der Waals surface area contributed by atoms with E-state index in [0.717, 1.165) is 40.3 Å². The van der Waals surface area contributed by atoms with Crippen LogP contribution >= 0.6 is 0 Å². The van der Waals surface area contributed by atoms with Crippen molar-refractivity contribution in [2.45, 2.75) is 25.1 Å². The molecule has 5 nitrogen and oxygen atoms in total. The lowest BCUT2D eigenvalue weighted by molar-refractivity contribution is -0.137. The number of hydrogen-bond acceptors (Lipinski definition) is 4. The summed E-state index contributed by atoms with van der Waals surface area (Å²) < 4.78 is 44.8. The van der Waals surface area contributed by atoms with E-state index in [4.69, 9.17) is 4.74 Å². The third kappa shape index (κ3) is 2.93. The van der Waals surface area contributed by atoms with Gasteiger partial charge in [0, 0.05) is 12.2 Å². The Morgan fingerprint density at radius 2 is 1.87 bits per heavy atom. The second-order valence-corrected chi connectivity index (χ2v) is 7.84. The van der Waals surface area contributed by atoms with Crippen molar-refractivity contribution in [1.82, 2.24) is 4.90 Å². The van der Waals surface area contributed by atoms with Crippen LogP contribution in [0.3, 0.4) is 0 Å². The molecule has 0 saturated carbocycles. The molecule has 2 aromatic rings. The molecule has 0 unspecified atom stereocenters. The summed E-state index contributed by atoms with van der Waals surface area (Å²) in [5.74, 6) is -1.07. The van der Waals surface area contributed by atoms with Gasteiger partial charge in [-0.25, -0.2) is 9.69 Å². The number of amides is 2. The minimum absolute atomic E-state index is 0.136. The monoisotopic (exact) mass is 416 g/mol. The zero-order valence-corrected chi connectivity index (χ0v) is 16.0. The fraction of sp³-hybridized carbons (Fsp3) is 0.364. The van der Waals surface area contributed by atoms with Gasteiger partial charge < -0.3 is 9.64 Å². The van der Waals surface area contributed by atoms with Crippen LogP contribution in [0.4, 0.5) is 23.7 Å². The molecule has 0 N–H and O–H groups in total. The topological polar surface area (TPSA) is 49.9 Å². The molecule has 0 aromatic heterocycles. The lowest BCUT2D eigenvalue weighted by Gasteiger charge is -2.47. The number of halogens is 3. The van der Waals surface area contributed by atoms with Gasteiger partial charge in [0.15, 0.2) is 0 Å². The van der Waals surface area contributed by atoms with Gasteiger partial charge >= 0.3 is 12.3 Å². The number of nitrogens with zero attached hydrogens (tertiary/aromatic N) is 2. The molecule has 3 heterocycles. The maximum absolute atomic E-state index is 13.3. The van der Waals surface area contributed by atoms with Crippen molar-refractivity contribution in [2.75, 3.05) is 24.6 Å². The third-order valence-corrected chi connectivity index (χ3v) is 6.21. The molecule has 2 amide bonds. The highest BCUT2D eigenvalue weighted by Crippen LogP contribution is 2.47. The van der Waals surface area contributed by atoms with Crippen molar-refractivity contribution in [2.24, 2.45) is 5.92 Å². The molecule has 0 bridgehead atoms. The number of fused-ring (bicyclic) bond motifs is 5. The summed E-state index contributed by atoms with van der Waals surface area (Å²) in [7, 11) is 0. The summed E-state index contributed by atoms with van der Waals surface area (Å²) in [6, 6.07) is 11.2. The van der Waals surface area contributed by atoms with Crippen LogP contribution in [0, 0.1) is 5.92 Å². The standard InChI is InChI=1S/C22H19F3N2O3/c23-22(24,25)15-5-6-18-14(11-15)12-17(20(28)27-9-10-30-21(27)29)19-16-4-2-1-3-13(16)7-8-26(18)19/h1-6,11,17,19H,7-10,12H2/t17-,19+/m1/s1. The molecule has 1 fully saturated rings. The number of ether oxygens (including phenoxy) is 1. The first-order valence-electron chi connectivity index (χ1n) is 9.87. The Morgan fingerprint density at radius 1 is 1.07 bits per heavy atom. The molecular formula is C22H19F3N2O3. The molecule has 5 rings (SSSR count).